The molecule has 9 atom stereocenters. The van der Waals surface area contributed by atoms with Crippen LogP contribution in [0.2, 0.25) is 0 Å². The van der Waals surface area contributed by atoms with Crippen molar-refractivity contribution in [3.05, 3.63) is 77.4 Å². The van der Waals surface area contributed by atoms with Gasteiger partial charge in [-0.15, -0.1) is 0 Å². The summed E-state index contributed by atoms with van der Waals surface area (Å²) in [5.74, 6) is -9.90. The van der Waals surface area contributed by atoms with Crippen molar-refractivity contribution in [2.24, 2.45) is 29.4 Å². The molecule has 60 heavy (non-hydrogen) atoms. The number of halogens is 1. The van der Waals surface area contributed by atoms with E-state index < -0.39 is 106 Å². The molecule has 5 bridgehead atoms. The number of nitrogens with zero attached hydrogens (tertiary/aromatic N) is 1. The molecule has 2 aromatic carbocycles. The number of aliphatic hydroxyl groups excluding tert-OH is 2. The van der Waals surface area contributed by atoms with Gasteiger partial charge in [-0.3, -0.25) is 19.2 Å². The maximum atomic E-state index is 14.4. The number of benzene rings is 2. The number of ether oxygens (including phenoxy) is 4. The van der Waals surface area contributed by atoms with Crippen LogP contribution in [-0.2, 0) is 23.8 Å². The van der Waals surface area contributed by atoms with E-state index in [4.69, 9.17) is 24.7 Å². The fourth-order valence-electron chi connectivity index (χ4n) is 7.72. The second-order valence-corrected chi connectivity index (χ2v) is 15.4. The number of aliphatic hydroxyl groups is 2. The van der Waals surface area contributed by atoms with Crippen molar-refractivity contribution in [2.45, 2.75) is 85.6 Å². The number of ketones is 1. The maximum Gasteiger partial charge on any atom is 0.312 e. The number of fused-ring (bicyclic) bond motifs is 14. The lowest BCUT2D eigenvalue weighted by Gasteiger charge is -2.38. The van der Waals surface area contributed by atoms with Gasteiger partial charge in [0.25, 0.3) is 23.3 Å². The van der Waals surface area contributed by atoms with Crippen molar-refractivity contribution in [3.8, 4) is 28.7 Å². The highest BCUT2D eigenvalue weighted by atomic mass is 79.9. The van der Waals surface area contributed by atoms with Crippen LogP contribution in [-0.4, -0.2) is 86.4 Å². The van der Waals surface area contributed by atoms with E-state index in [9.17, 15) is 44.7 Å². The lowest BCUT2D eigenvalue weighted by Crippen LogP contribution is -3.00. The van der Waals surface area contributed by atoms with Gasteiger partial charge in [0.15, 0.2) is 29.6 Å². The minimum absolute atomic E-state index is 0. The van der Waals surface area contributed by atoms with Gasteiger partial charge in [0, 0.05) is 61.8 Å². The van der Waals surface area contributed by atoms with Crippen LogP contribution in [0.1, 0.15) is 74.7 Å². The number of esters is 1. The van der Waals surface area contributed by atoms with Crippen molar-refractivity contribution in [1.29, 1.82) is 0 Å². The Morgan fingerprint density at radius 2 is 1.62 bits per heavy atom. The minimum atomic E-state index is -2.11. The van der Waals surface area contributed by atoms with Crippen LogP contribution in [0.4, 0.5) is 5.69 Å². The van der Waals surface area contributed by atoms with E-state index in [2.05, 4.69) is 5.32 Å². The van der Waals surface area contributed by atoms with Gasteiger partial charge in [0.2, 0.25) is 0 Å². The van der Waals surface area contributed by atoms with Gasteiger partial charge in [-0.2, -0.15) is 4.57 Å². The average molecular weight is 899 g/mol. The van der Waals surface area contributed by atoms with Crippen LogP contribution in [0.25, 0.3) is 16.5 Å². The van der Waals surface area contributed by atoms with Gasteiger partial charge in [-0.25, -0.2) is 0 Å². The standard InChI is InChI=1S/C43H51N3O13.BrH/c1-19-12-10-13-20(2)42(55)45-31-32(46-16-11-14-26(18-46)41(44)54)37(52)28-29(36(31)51)35(50)24(6)39-30(28)40(53)43(8,59-39)57-17-15-27(56-9)21(3)38(58-25(7)47)23(5)34(49)22(4)33(19)48;/h10-19,21-23,27,33-34,38,48-49H,1-9H3,(H5-,44,45,50,51,52,53,54,55);1H/b12-10+,17-15+,20-13-;. The predicted octanol–water partition coefficient (Wildman–Crippen LogP) is 1.13. The molecule has 0 fully saturated rings. The number of hydrogen-bond donors (Lipinski definition) is 7. The largest absolute Gasteiger partial charge is 1.00 e. The highest BCUT2D eigenvalue weighted by molar-refractivity contribution is 6.22. The number of hydrogen-bond acceptors (Lipinski definition) is 13. The van der Waals surface area contributed by atoms with Crippen LogP contribution in [0, 0.1) is 30.6 Å². The first kappa shape index (κ1) is 47.2. The highest BCUT2D eigenvalue weighted by Gasteiger charge is 2.50. The molecule has 0 aliphatic carbocycles. The molecule has 1 aromatic heterocycles. The number of carbonyl (C=O) groups excluding carboxylic acids is 4. The number of rotatable bonds is 4. The molecule has 6 rings (SSSR count). The van der Waals surface area contributed by atoms with Crippen molar-refractivity contribution in [1.82, 2.24) is 0 Å². The van der Waals surface area contributed by atoms with Crippen LogP contribution >= 0.6 is 0 Å². The van der Waals surface area contributed by atoms with E-state index >= 15 is 0 Å². The zero-order valence-corrected chi connectivity index (χ0v) is 36.3. The number of Topliss-reactive ketones (excluding diaryl/α,β-unsaturated/α-hetero) is 1. The van der Waals surface area contributed by atoms with Gasteiger partial charge in [0.1, 0.15) is 23.2 Å². The maximum absolute atomic E-state index is 14.4. The molecule has 0 spiro atoms. The van der Waals surface area contributed by atoms with E-state index in [0.717, 1.165) is 6.26 Å². The Morgan fingerprint density at radius 3 is 2.23 bits per heavy atom. The number of methoxy groups -OCH3 is 1. The molecule has 8 N–H and O–H groups in total. The molecule has 17 heteroatoms. The first-order valence-electron chi connectivity index (χ1n) is 19.1. The van der Waals surface area contributed by atoms with Gasteiger partial charge >= 0.3 is 11.8 Å². The Balaban J connectivity index is 0.00000794. The number of anilines is 1. The quantitative estimate of drug-likeness (QED) is 0.0842. The second-order valence-electron chi connectivity index (χ2n) is 15.4. The molecule has 4 heterocycles. The number of amides is 2. The number of allylic oxidation sites excluding steroid dienone is 2. The average Bonchev–Trinajstić information content (AvgIpc) is 3.46. The summed E-state index contributed by atoms with van der Waals surface area (Å²) in [5.41, 5.74) is 4.69. The van der Waals surface area contributed by atoms with Crippen LogP contribution in [0.5, 0.6) is 23.0 Å². The van der Waals surface area contributed by atoms with Gasteiger partial charge in [0.05, 0.1) is 40.9 Å². The third-order valence-corrected chi connectivity index (χ3v) is 11.3. The fraction of sp³-hybridized carbons (Fsp3) is 0.419. The molecule has 9 unspecified atom stereocenters. The second kappa shape index (κ2) is 18.4. The minimum Gasteiger partial charge on any atom is -1.00 e. The topological polar surface area (TPSA) is 248 Å². The zero-order chi connectivity index (χ0) is 43.8. The third kappa shape index (κ3) is 8.71. The zero-order valence-electron chi connectivity index (χ0n) is 34.7. The van der Waals surface area contributed by atoms with Crippen molar-refractivity contribution < 1.29 is 85.2 Å². The number of aromatic hydroxyl groups is 3. The Kier molecular flexibility index (Phi) is 14.5. The van der Waals surface area contributed by atoms with Crippen molar-refractivity contribution in [3.63, 3.8) is 0 Å². The smallest absolute Gasteiger partial charge is 0.312 e. The number of carbonyl (C=O) groups is 4. The summed E-state index contributed by atoms with van der Waals surface area (Å²) in [5, 5.41) is 60.4. The molecule has 2 amide bonds. The third-order valence-electron chi connectivity index (χ3n) is 11.3. The first-order valence-corrected chi connectivity index (χ1v) is 19.1. The van der Waals surface area contributed by atoms with Crippen LogP contribution < -0.4 is 37.3 Å². The predicted molar refractivity (Wildman–Crippen MR) is 214 cm³/mol. The van der Waals surface area contributed by atoms with Crippen LogP contribution in [0.15, 0.2) is 60.7 Å². The summed E-state index contributed by atoms with van der Waals surface area (Å²) in [4.78, 5) is 52.8. The van der Waals surface area contributed by atoms with Crippen molar-refractivity contribution >= 4 is 40.0 Å². The summed E-state index contributed by atoms with van der Waals surface area (Å²) in [6, 6.07) is 2.84. The molecule has 0 saturated heterocycles. The summed E-state index contributed by atoms with van der Waals surface area (Å²) >= 11 is 0. The number of phenols is 3. The molecular formula is C43H52BrN3O13. The van der Waals surface area contributed by atoms with Gasteiger partial charge < -0.3 is 72.5 Å². The summed E-state index contributed by atoms with van der Waals surface area (Å²) in [7, 11) is 1.41. The van der Waals surface area contributed by atoms with Gasteiger partial charge in [-0.05, 0) is 26.0 Å². The first-order chi connectivity index (χ1) is 27.7. The number of aromatic nitrogens is 1. The number of primary amides is 1. The van der Waals surface area contributed by atoms with Gasteiger partial charge in [-0.1, -0.05) is 45.9 Å². The lowest BCUT2D eigenvalue weighted by molar-refractivity contribution is -0.595. The van der Waals surface area contributed by atoms with E-state index in [1.54, 1.807) is 33.8 Å². The number of nitrogens with one attached hydrogen (secondary N) is 1. The number of nitrogens with two attached hydrogens (primary N) is 1. The fourth-order valence-corrected chi connectivity index (χ4v) is 7.72. The molecule has 16 nitrogen and oxygen atoms in total. The Bertz CT molecular complexity index is 2290. The van der Waals surface area contributed by atoms with E-state index in [-0.39, 0.29) is 56.1 Å². The van der Waals surface area contributed by atoms with E-state index in [1.807, 2.05) is 0 Å². The van der Waals surface area contributed by atoms with E-state index in [0.29, 0.717) is 0 Å². The Morgan fingerprint density at radius 1 is 0.950 bits per heavy atom. The number of pyridine rings is 1. The SMILES string of the molecule is COC1/C=C/OC2(C)Oc3c(C)c(O)c4c(O)c(c(-[n+]5cccc(C(N)=O)c5)c(O)c4c3C2=O)NC(=O)/C(C)=C\C=C\C(C)C(O)C(C)C(O)C(C)C(OC(C)=O)C1C.[Br-]. The molecule has 0 radical (unpaired) electrons. The molecule has 3 aliphatic rings. The molecule has 0 saturated carbocycles. The summed E-state index contributed by atoms with van der Waals surface area (Å²) in [6.45, 7) is 12.3. The Hall–Kier alpha value is -5.49. The monoisotopic (exact) mass is 897 g/mol. The molecular weight excluding hydrogens is 846 g/mol. The van der Waals surface area contributed by atoms with Crippen LogP contribution in [0.3, 0.4) is 0 Å². The molecule has 3 aromatic rings. The van der Waals surface area contributed by atoms with Crippen molar-refractivity contribution in [2.75, 3.05) is 12.4 Å². The number of phenolic OH excluding ortho intramolecular Hbond substituents is 3. The lowest BCUT2D eigenvalue weighted by atomic mass is 9.78. The Labute approximate surface area is 357 Å². The summed E-state index contributed by atoms with van der Waals surface area (Å²) < 4.78 is 24.7. The van der Waals surface area contributed by atoms with E-state index in [1.165, 1.54) is 82.1 Å². The summed E-state index contributed by atoms with van der Waals surface area (Å²) in [6.07, 6.45) is 5.89. The highest BCUT2D eigenvalue weighted by Crippen LogP contribution is 2.55. The molecule has 3 aliphatic heterocycles. The molecule has 324 valence electrons. The normalized spacial score (nSPS) is 29.4.